The quantitative estimate of drug-likeness (QED) is 0.720. The number of hydrogen-bond acceptors (Lipinski definition) is 4. The number of nitrogens with one attached hydrogen (secondary N) is 1. The third-order valence-corrected chi connectivity index (χ3v) is 2.60. The third kappa shape index (κ3) is 5.75. The molecule has 0 atom stereocenters. The molecule has 1 N–H and O–H groups in total. The van der Waals surface area contributed by atoms with Gasteiger partial charge in [0.1, 0.15) is 0 Å². The molecule has 0 heterocycles. The average Bonchev–Trinajstić information content (AvgIpc) is 2.42. The van der Waals surface area contributed by atoms with Gasteiger partial charge in [0.25, 0.3) is 6.43 Å². The van der Waals surface area contributed by atoms with Gasteiger partial charge < -0.3 is 19.5 Å². The van der Waals surface area contributed by atoms with Gasteiger partial charge in [0, 0.05) is 6.54 Å². The highest BCUT2D eigenvalue weighted by molar-refractivity contribution is 5.54. The zero-order valence-corrected chi connectivity index (χ0v) is 12.7. The highest BCUT2D eigenvalue weighted by Gasteiger charge is 2.15. The molecule has 1 rings (SSSR count). The Morgan fingerprint density at radius 2 is 1.48 bits per heavy atom. The molecule has 0 radical (unpaired) electrons. The van der Waals surface area contributed by atoms with Crippen molar-refractivity contribution in [1.82, 2.24) is 5.32 Å². The molecule has 0 bridgehead atoms. The van der Waals surface area contributed by atoms with Gasteiger partial charge in [-0.15, -0.1) is 0 Å². The molecule has 120 valence electrons. The number of rotatable bonds is 10. The molecule has 0 fully saturated rings. The van der Waals surface area contributed by atoms with Crippen LogP contribution in [0.25, 0.3) is 0 Å². The molecule has 21 heavy (non-hydrogen) atoms. The lowest BCUT2D eigenvalue weighted by Crippen LogP contribution is -2.20. The van der Waals surface area contributed by atoms with Crippen LogP contribution in [0.4, 0.5) is 8.78 Å². The highest BCUT2D eigenvalue weighted by Crippen LogP contribution is 2.39. The SMILES string of the molecule is CCOc1cc(CNCC(F)F)cc(OCC)c1OCC. The van der Waals surface area contributed by atoms with Crippen molar-refractivity contribution in [2.24, 2.45) is 0 Å². The summed E-state index contributed by atoms with van der Waals surface area (Å²) in [5, 5.41) is 2.69. The average molecular weight is 303 g/mol. The summed E-state index contributed by atoms with van der Waals surface area (Å²) < 4.78 is 41.0. The van der Waals surface area contributed by atoms with Crippen molar-refractivity contribution in [3.05, 3.63) is 17.7 Å². The first kappa shape index (κ1) is 17.5. The number of halogens is 2. The Labute approximate surface area is 124 Å². The minimum atomic E-state index is -2.37. The van der Waals surface area contributed by atoms with Crippen LogP contribution in [0.5, 0.6) is 17.2 Å². The second kappa shape index (κ2) is 9.39. The van der Waals surface area contributed by atoms with E-state index in [4.69, 9.17) is 14.2 Å². The summed E-state index contributed by atoms with van der Waals surface area (Å²) in [7, 11) is 0. The summed E-state index contributed by atoms with van der Waals surface area (Å²) in [6, 6.07) is 3.57. The van der Waals surface area contributed by atoms with Crippen LogP contribution >= 0.6 is 0 Å². The van der Waals surface area contributed by atoms with Crippen LogP contribution in [0.15, 0.2) is 12.1 Å². The molecule has 0 aliphatic carbocycles. The lowest BCUT2D eigenvalue weighted by Gasteiger charge is -2.17. The minimum absolute atomic E-state index is 0.316. The lowest BCUT2D eigenvalue weighted by atomic mass is 10.1. The van der Waals surface area contributed by atoms with Crippen LogP contribution in [0.2, 0.25) is 0 Å². The molecular weight excluding hydrogens is 280 g/mol. The van der Waals surface area contributed by atoms with E-state index in [2.05, 4.69) is 5.32 Å². The van der Waals surface area contributed by atoms with Crippen LogP contribution in [0.3, 0.4) is 0 Å². The topological polar surface area (TPSA) is 39.7 Å². The summed E-state index contributed by atoms with van der Waals surface area (Å²) in [4.78, 5) is 0. The summed E-state index contributed by atoms with van der Waals surface area (Å²) in [5.74, 6) is 1.69. The molecule has 0 unspecified atom stereocenters. The molecule has 0 saturated carbocycles. The molecule has 4 nitrogen and oxygen atoms in total. The first-order chi connectivity index (χ1) is 10.1. The van der Waals surface area contributed by atoms with E-state index in [1.165, 1.54) is 0 Å². The fourth-order valence-electron chi connectivity index (χ4n) is 1.87. The van der Waals surface area contributed by atoms with Crippen molar-refractivity contribution in [3.8, 4) is 17.2 Å². The van der Waals surface area contributed by atoms with Gasteiger partial charge in [-0.05, 0) is 38.5 Å². The predicted molar refractivity (Wildman–Crippen MR) is 77.7 cm³/mol. The maximum atomic E-state index is 12.2. The van der Waals surface area contributed by atoms with Gasteiger partial charge >= 0.3 is 0 Å². The standard InChI is InChI=1S/C15H23F2NO3/c1-4-19-12-7-11(9-18-10-14(16)17)8-13(20-5-2)15(12)21-6-3/h7-8,14,18H,4-6,9-10H2,1-3H3. The fourth-order valence-corrected chi connectivity index (χ4v) is 1.87. The normalized spacial score (nSPS) is 10.8. The zero-order chi connectivity index (χ0) is 15.7. The molecular formula is C15H23F2NO3. The minimum Gasteiger partial charge on any atom is -0.490 e. The Morgan fingerprint density at radius 1 is 0.952 bits per heavy atom. The summed E-state index contributed by atoms with van der Waals surface area (Å²) in [6.45, 7) is 7.05. The van der Waals surface area contributed by atoms with Gasteiger partial charge in [-0.2, -0.15) is 0 Å². The summed E-state index contributed by atoms with van der Waals surface area (Å²) in [6.07, 6.45) is -2.37. The van der Waals surface area contributed by atoms with E-state index in [1.807, 2.05) is 20.8 Å². The molecule has 0 aliphatic rings. The third-order valence-electron chi connectivity index (χ3n) is 2.60. The van der Waals surface area contributed by atoms with Gasteiger partial charge in [0.05, 0.1) is 26.4 Å². The van der Waals surface area contributed by atoms with Gasteiger partial charge in [0.15, 0.2) is 11.5 Å². The molecule has 0 aliphatic heterocycles. The Morgan fingerprint density at radius 3 is 1.90 bits per heavy atom. The molecule has 0 amide bonds. The first-order valence-corrected chi connectivity index (χ1v) is 7.16. The Kier molecular flexibility index (Phi) is 7.82. The predicted octanol–water partition coefficient (Wildman–Crippen LogP) is 3.24. The molecule has 1 aromatic carbocycles. The Hall–Kier alpha value is -1.56. The molecule has 0 spiro atoms. The number of benzene rings is 1. The van der Waals surface area contributed by atoms with Crippen LogP contribution in [-0.2, 0) is 6.54 Å². The number of hydrogen-bond donors (Lipinski definition) is 1. The van der Waals surface area contributed by atoms with E-state index in [0.717, 1.165) is 5.56 Å². The molecule has 0 aromatic heterocycles. The fraction of sp³-hybridized carbons (Fsp3) is 0.600. The lowest BCUT2D eigenvalue weighted by molar-refractivity contribution is 0.145. The molecule has 0 saturated heterocycles. The van der Waals surface area contributed by atoms with Crippen LogP contribution in [0.1, 0.15) is 26.3 Å². The van der Waals surface area contributed by atoms with Gasteiger partial charge in [-0.1, -0.05) is 0 Å². The highest BCUT2D eigenvalue weighted by atomic mass is 19.3. The van der Waals surface area contributed by atoms with Crippen molar-refractivity contribution >= 4 is 0 Å². The van der Waals surface area contributed by atoms with E-state index in [1.54, 1.807) is 12.1 Å². The summed E-state index contributed by atoms with van der Waals surface area (Å²) in [5.41, 5.74) is 0.811. The van der Waals surface area contributed by atoms with Gasteiger partial charge in [0.2, 0.25) is 5.75 Å². The monoisotopic (exact) mass is 303 g/mol. The van der Waals surface area contributed by atoms with E-state index in [0.29, 0.717) is 43.6 Å². The number of alkyl halides is 2. The Bertz CT molecular complexity index is 400. The van der Waals surface area contributed by atoms with Crippen LogP contribution in [0, 0.1) is 0 Å². The number of ether oxygens (including phenoxy) is 3. The maximum Gasteiger partial charge on any atom is 0.250 e. The van der Waals surface area contributed by atoms with Crippen molar-refractivity contribution in [3.63, 3.8) is 0 Å². The largest absolute Gasteiger partial charge is 0.490 e. The smallest absolute Gasteiger partial charge is 0.250 e. The van der Waals surface area contributed by atoms with Crippen molar-refractivity contribution in [2.45, 2.75) is 33.7 Å². The molecule has 1 aromatic rings. The van der Waals surface area contributed by atoms with E-state index >= 15 is 0 Å². The van der Waals surface area contributed by atoms with Crippen molar-refractivity contribution < 1.29 is 23.0 Å². The second-order valence-corrected chi connectivity index (χ2v) is 4.24. The molecule has 6 heteroatoms. The van der Waals surface area contributed by atoms with E-state index in [-0.39, 0.29) is 6.54 Å². The first-order valence-electron chi connectivity index (χ1n) is 7.16. The second-order valence-electron chi connectivity index (χ2n) is 4.24. The van der Waals surface area contributed by atoms with Crippen LogP contribution in [-0.4, -0.2) is 32.8 Å². The van der Waals surface area contributed by atoms with Gasteiger partial charge in [-0.25, -0.2) is 8.78 Å². The Balaban J connectivity index is 2.98. The van der Waals surface area contributed by atoms with Gasteiger partial charge in [-0.3, -0.25) is 0 Å². The van der Waals surface area contributed by atoms with E-state index < -0.39 is 6.43 Å². The van der Waals surface area contributed by atoms with Crippen molar-refractivity contribution in [2.75, 3.05) is 26.4 Å². The van der Waals surface area contributed by atoms with Crippen LogP contribution < -0.4 is 19.5 Å². The zero-order valence-electron chi connectivity index (χ0n) is 12.7. The van der Waals surface area contributed by atoms with Crippen molar-refractivity contribution in [1.29, 1.82) is 0 Å². The summed E-state index contributed by atoms with van der Waals surface area (Å²) >= 11 is 0. The van der Waals surface area contributed by atoms with E-state index in [9.17, 15) is 8.78 Å². The maximum absolute atomic E-state index is 12.2.